The first kappa shape index (κ1) is 18.0. The number of benzene rings is 3. The Bertz CT molecular complexity index is 1090. The zero-order valence-corrected chi connectivity index (χ0v) is 15.9. The number of aromatic nitrogens is 2. The first-order valence-electron chi connectivity index (χ1n) is 8.73. The van der Waals surface area contributed by atoms with Crippen LogP contribution >= 0.6 is 11.8 Å². The molecule has 0 saturated heterocycles. The average molecular weight is 387 g/mol. The van der Waals surface area contributed by atoms with Crippen LogP contribution in [0.25, 0.3) is 11.5 Å². The third-order valence-corrected chi connectivity index (χ3v) is 5.11. The highest BCUT2D eigenvalue weighted by Gasteiger charge is 2.12. The fraction of sp³-hybridized carbons (Fsp3) is 0.0455. The third-order valence-electron chi connectivity index (χ3n) is 4.03. The molecule has 1 heterocycles. The lowest BCUT2D eigenvalue weighted by atomic mass is 10.1. The number of amides is 1. The molecule has 0 spiro atoms. The van der Waals surface area contributed by atoms with Crippen LogP contribution in [0, 0.1) is 6.92 Å². The summed E-state index contributed by atoms with van der Waals surface area (Å²) in [6, 6.07) is 24.9. The second-order valence-electron chi connectivity index (χ2n) is 6.09. The molecular formula is C22H17N3O2S. The first-order chi connectivity index (χ1) is 13.7. The zero-order chi connectivity index (χ0) is 19.3. The van der Waals surface area contributed by atoms with E-state index in [4.69, 9.17) is 4.52 Å². The van der Waals surface area contributed by atoms with Gasteiger partial charge in [0.2, 0.25) is 0 Å². The summed E-state index contributed by atoms with van der Waals surface area (Å²) in [5.41, 5.74) is 2.11. The summed E-state index contributed by atoms with van der Waals surface area (Å²) < 4.78 is 5.15. The van der Waals surface area contributed by atoms with E-state index in [1.165, 1.54) is 0 Å². The van der Waals surface area contributed by atoms with E-state index >= 15 is 0 Å². The van der Waals surface area contributed by atoms with Crippen LogP contribution in [0.15, 0.2) is 93.2 Å². The monoisotopic (exact) mass is 387 g/mol. The molecule has 4 rings (SSSR count). The molecule has 0 fully saturated rings. The van der Waals surface area contributed by atoms with Crippen LogP contribution in [0.4, 0.5) is 5.69 Å². The number of aryl methyl sites for hydroxylation is 1. The van der Waals surface area contributed by atoms with Crippen molar-refractivity contribution in [1.82, 2.24) is 10.1 Å². The molecule has 138 valence electrons. The molecule has 0 atom stereocenters. The molecule has 1 N–H and O–H groups in total. The Morgan fingerprint density at radius 1 is 0.929 bits per heavy atom. The van der Waals surface area contributed by atoms with Gasteiger partial charge in [0, 0.05) is 20.9 Å². The molecule has 1 amide bonds. The van der Waals surface area contributed by atoms with Gasteiger partial charge in [-0.2, -0.15) is 4.98 Å². The van der Waals surface area contributed by atoms with E-state index in [0.717, 1.165) is 21.0 Å². The van der Waals surface area contributed by atoms with Gasteiger partial charge in [-0.25, -0.2) is 0 Å². The van der Waals surface area contributed by atoms with Crippen LogP contribution in [0.2, 0.25) is 0 Å². The number of nitrogens with one attached hydrogen (secondary N) is 1. The molecule has 0 aliphatic heterocycles. The first-order valence-corrected chi connectivity index (χ1v) is 9.55. The average Bonchev–Trinajstić information content (AvgIpc) is 3.17. The SMILES string of the molecule is Cc1noc(-c2ccc(C(=O)Nc3ccccc3Sc3ccccc3)cc2)n1. The minimum atomic E-state index is -0.172. The quantitative estimate of drug-likeness (QED) is 0.493. The highest BCUT2D eigenvalue weighted by Crippen LogP contribution is 2.33. The maximum atomic E-state index is 12.7. The number of para-hydroxylation sites is 1. The van der Waals surface area contributed by atoms with Gasteiger partial charge < -0.3 is 9.84 Å². The molecule has 4 aromatic rings. The van der Waals surface area contributed by atoms with E-state index in [1.807, 2.05) is 54.6 Å². The summed E-state index contributed by atoms with van der Waals surface area (Å²) in [5, 5.41) is 6.78. The molecule has 0 saturated carbocycles. The number of carbonyl (C=O) groups is 1. The van der Waals surface area contributed by atoms with Crippen molar-refractivity contribution in [1.29, 1.82) is 0 Å². The highest BCUT2D eigenvalue weighted by atomic mass is 32.2. The van der Waals surface area contributed by atoms with Gasteiger partial charge in [-0.1, -0.05) is 47.3 Å². The maximum absolute atomic E-state index is 12.7. The van der Waals surface area contributed by atoms with Crippen molar-refractivity contribution >= 4 is 23.4 Å². The van der Waals surface area contributed by atoms with Crippen LogP contribution in [0.5, 0.6) is 0 Å². The Labute approximate surface area is 166 Å². The fourth-order valence-electron chi connectivity index (χ4n) is 2.65. The van der Waals surface area contributed by atoms with E-state index in [0.29, 0.717) is 17.3 Å². The normalized spacial score (nSPS) is 10.6. The number of anilines is 1. The van der Waals surface area contributed by atoms with Gasteiger partial charge in [-0.3, -0.25) is 4.79 Å². The van der Waals surface area contributed by atoms with Gasteiger partial charge in [-0.15, -0.1) is 0 Å². The van der Waals surface area contributed by atoms with Crippen molar-refractivity contribution in [2.24, 2.45) is 0 Å². The number of hydrogen-bond donors (Lipinski definition) is 1. The number of carbonyl (C=O) groups excluding carboxylic acids is 1. The minimum Gasteiger partial charge on any atom is -0.334 e. The van der Waals surface area contributed by atoms with E-state index in [-0.39, 0.29) is 5.91 Å². The molecule has 0 bridgehead atoms. The molecule has 0 radical (unpaired) electrons. The molecule has 1 aromatic heterocycles. The molecule has 0 aliphatic carbocycles. The van der Waals surface area contributed by atoms with E-state index in [2.05, 4.69) is 15.5 Å². The van der Waals surface area contributed by atoms with Crippen molar-refractivity contribution < 1.29 is 9.32 Å². The second kappa shape index (κ2) is 8.10. The molecule has 3 aromatic carbocycles. The van der Waals surface area contributed by atoms with Gasteiger partial charge in [0.25, 0.3) is 11.8 Å². The Hall–Kier alpha value is -3.38. The van der Waals surface area contributed by atoms with Crippen LogP contribution in [0.1, 0.15) is 16.2 Å². The topological polar surface area (TPSA) is 68.0 Å². The number of hydrogen-bond acceptors (Lipinski definition) is 5. The molecule has 0 aliphatic rings. The standard InChI is InChI=1S/C22H17N3O2S/c1-15-23-22(27-25-15)17-13-11-16(12-14-17)21(26)24-19-9-5-6-10-20(19)28-18-7-3-2-4-8-18/h2-14H,1H3,(H,24,26). The van der Waals surface area contributed by atoms with Crippen LogP contribution in [-0.4, -0.2) is 16.0 Å². The van der Waals surface area contributed by atoms with Crippen LogP contribution < -0.4 is 5.32 Å². The molecule has 5 nitrogen and oxygen atoms in total. The van der Waals surface area contributed by atoms with Crippen molar-refractivity contribution in [3.05, 3.63) is 90.3 Å². The Balaban J connectivity index is 1.51. The smallest absolute Gasteiger partial charge is 0.257 e. The lowest BCUT2D eigenvalue weighted by molar-refractivity contribution is 0.102. The number of rotatable bonds is 5. The van der Waals surface area contributed by atoms with E-state index < -0.39 is 0 Å². The zero-order valence-electron chi connectivity index (χ0n) is 15.1. The minimum absolute atomic E-state index is 0.172. The van der Waals surface area contributed by atoms with Crippen LogP contribution in [0.3, 0.4) is 0 Å². The largest absolute Gasteiger partial charge is 0.334 e. The van der Waals surface area contributed by atoms with Crippen molar-refractivity contribution in [2.45, 2.75) is 16.7 Å². The third kappa shape index (κ3) is 4.13. The van der Waals surface area contributed by atoms with Crippen molar-refractivity contribution in [2.75, 3.05) is 5.32 Å². The van der Waals surface area contributed by atoms with Crippen molar-refractivity contribution in [3.63, 3.8) is 0 Å². The Morgan fingerprint density at radius 3 is 2.36 bits per heavy atom. The summed E-state index contributed by atoms with van der Waals surface area (Å²) in [6.45, 7) is 1.76. The molecule has 0 unspecified atom stereocenters. The summed E-state index contributed by atoms with van der Waals surface area (Å²) in [7, 11) is 0. The summed E-state index contributed by atoms with van der Waals surface area (Å²) >= 11 is 1.61. The Morgan fingerprint density at radius 2 is 1.64 bits per heavy atom. The van der Waals surface area contributed by atoms with E-state index in [9.17, 15) is 4.79 Å². The van der Waals surface area contributed by atoms with E-state index in [1.54, 1.807) is 43.0 Å². The predicted octanol–water partition coefficient (Wildman–Crippen LogP) is 5.45. The molecular weight excluding hydrogens is 370 g/mol. The summed E-state index contributed by atoms with van der Waals surface area (Å²) in [5.74, 6) is 0.841. The lowest BCUT2D eigenvalue weighted by Crippen LogP contribution is -2.12. The van der Waals surface area contributed by atoms with Gasteiger partial charge >= 0.3 is 0 Å². The predicted molar refractivity (Wildman–Crippen MR) is 109 cm³/mol. The Kier molecular flexibility index (Phi) is 5.21. The second-order valence-corrected chi connectivity index (χ2v) is 7.20. The van der Waals surface area contributed by atoms with Gasteiger partial charge in [0.05, 0.1) is 5.69 Å². The van der Waals surface area contributed by atoms with Crippen LogP contribution in [-0.2, 0) is 0 Å². The van der Waals surface area contributed by atoms with Crippen molar-refractivity contribution in [3.8, 4) is 11.5 Å². The highest BCUT2D eigenvalue weighted by molar-refractivity contribution is 7.99. The number of nitrogens with zero attached hydrogens (tertiary/aromatic N) is 2. The van der Waals surface area contributed by atoms with Gasteiger partial charge in [0.15, 0.2) is 5.82 Å². The molecule has 6 heteroatoms. The maximum Gasteiger partial charge on any atom is 0.257 e. The van der Waals surface area contributed by atoms with Gasteiger partial charge in [-0.05, 0) is 55.5 Å². The lowest BCUT2D eigenvalue weighted by Gasteiger charge is -2.11. The fourth-order valence-corrected chi connectivity index (χ4v) is 3.57. The summed E-state index contributed by atoms with van der Waals surface area (Å²) in [4.78, 5) is 19.0. The van der Waals surface area contributed by atoms with Gasteiger partial charge in [0.1, 0.15) is 0 Å². The molecule has 28 heavy (non-hydrogen) atoms. The summed E-state index contributed by atoms with van der Waals surface area (Å²) in [6.07, 6.45) is 0.